The van der Waals surface area contributed by atoms with E-state index in [1.165, 1.54) is 12.8 Å². The lowest BCUT2D eigenvalue weighted by Gasteiger charge is -2.05. The van der Waals surface area contributed by atoms with Gasteiger partial charge in [0.15, 0.2) is 0 Å². The fraction of sp³-hybridized carbons (Fsp3) is 0.727. The van der Waals surface area contributed by atoms with E-state index in [-0.39, 0.29) is 6.42 Å². The summed E-state index contributed by atoms with van der Waals surface area (Å²) in [7, 11) is 0. The zero-order chi connectivity index (χ0) is 10.8. The Hall–Kier alpha value is -0.830. The fourth-order valence-electron chi connectivity index (χ4n) is 1.03. The lowest BCUT2D eigenvalue weighted by atomic mass is 10.2. The van der Waals surface area contributed by atoms with Crippen molar-refractivity contribution >= 4 is 5.97 Å². The minimum Gasteiger partial charge on any atom is -0.481 e. The Labute approximate surface area is 85.8 Å². The maximum absolute atomic E-state index is 10.2. The Morgan fingerprint density at radius 3 is 2.64 bits per heavy atom. The van der Waals surface area contributed by atoms with Crippen LogP contribution < -0.4 is 0 Å². The predicted octanol–water partition coefficient (Wildman–Crippen LogP) is 2.61. The summed E-state index contributed by atoms with van der Waals surface area (Å²) in [5, 5.41) is 8.42. The van der Waals surface area contributed by atoms with Gasteiger partial charge in [0.05, 0.1) is 6.61 Å². The molecule has 14 heavy (non-hydrogen) atoms. The van der Waals surface area contributed by atoms with Crippen molar-refractivity contribution in [3.63, 3.8) is 0 Å². The molecule has 0 spiro atoms. The van der Waals surface area contributed by atoms with Crippen molar-refractivity contribution in [1.29, 1.82) is 0 Å². The lowest BCUT2D eigenvalue weighted by molar-refractivity contribution is -0.136. The van der Waals surface area contributed by atoms with Gasteiger partial charge >= 0.3 is 5.97 Å². The van der Waals surface area contributed by atoms with Crippen LogP contribution >= 0.6 is 0 Å². The van der Waals surface area contributed by atoms with E-state index in [0.717, 1.165) is 18.6 Å². The van der Waals surface area contributed by atoms with Gasteiger partial charge in [-0.25, -0.2) is 0 Å². The maximum Gasteiger partial charge on any atom is 0.303 e. The number of hydrogen-bond acceptors (Lipinski definition) is 2. The van der Waals surface area contributed by atoms with E-state index < -0.39 is 5.97 Å². The lowest BCUT2D eigenvalue weighted by Crippen LogP contribution is -2.02. The van der Waals surface area contributed by atoms with Crippen molar-refractivity contribution < 1.29 is 14.6 Å². The molecule has 0 aromatic heterocycles. The van der Waals surface area contributed by atoms with Crippen molar-refractivity contribution in [3.05, 3.63) is 12.2 Å². The van der Waals surface area contributed by atoms with Crippen molar-refractivity contribution in [3.8, 4) is 0 Å². The number of hydrogen-bond donors (Lipinski definition) is 1. The van der Waals surface area contributed by atoms with Crippen LogP contribution in [0.4, 0.5) is 0 Å². The van der Waals surface area contributed by atoms with Gasteiger partial charge in [-0.1, -0.05) is 31.9 Å². The number of carbonyl (C=O) groups is 1. The third-order valence-corrected chi connectivity index (χ3v) is 1.89. The SMILES string of the molecule is C=C(CCC(=O)O)COCCCCC. The van der Waals surface area contributed by atoms with Gasteiger partial charge < -0.3 is 9.84 Å². The van der Waals surface area contributed by atoms with Gasteiger partial charge in [0.1, 0.15) is 0 Å². The van der Waals surface area contributed by atoms with Gasteiger partial charge in [0.2, 0.25) is 0 Å². The summed E-state index contributed by atoms with van der Waals surface area (Å²) in [6, 6.07) is 0. The number of ether oxygens (including phenoxy) is 1. The summed E-state index contributed by atoms with van der Waals surface area (Å²) in [6.45, 7) is 7.15. The zero-order valence-electron chi connectivity index (χ0n) is 8.92. The zero-order valence-corrected chi connectivity index (χ0v) is 8.92. The van der Waals surface area contributed by atoms with Crippen LogP contribution in [0.25, 0.3) is 0 Å². The molecule has 0 atom stereocenters. The summed E-state index contributed by atoms with van der Waals surface area (Å²) in [4.78, 5) is 10.2. The third kappa shape index (κ3) is 9.26. The van der Waals surface area contributed by atoms with Crippen LogP contribution in [-0.2, 0) is 9.53 Å². The molecule has 3 nitrogen and oxygen atoms in total. The Kier molecular flexibility index (Phi) is 8.24. The largest absolute Gasteiger partial charge is 0.481 e. The van der Waals surface area contributed by atoms with E-state index >= 15 is 0 Å². The van der Waals surface area contributed by atoms with Crippen LogP contribution in [-0.4, -0.2) is 24.3 Å². The number of aliphatic carboxylic acids is 1. The smallest absolute Gasteiger partial charge is 0.303 e. The van der Waals surface area contributed by atoms with Gasteiger partial charge in [-0.05, 0) is 12.8 Å². The molecule has 0 saturated heterocycles. The van der Waals surface area contributed by atoms with Gasteiger partial charge in [-0.2, -0.15) is 0 Å². The first-order chi connectivity index (χ1) is 6.66. The Morgan fingerprint density at radius 2 is 2.07 bits per heavy atom. The second-order valence-electron chi connectivity index (χ2n) is 3.40. The summed E-state index contributed by atoms with van der Waals surface area (Å²) < 4.78 is 5.34. The maximum atomic E-state index is 10.2. The molecule has 0 aromatic rings. The summed E-state index contributed by atoms with van der Waals surface area (Å²) in [6.07, 6.45) is 4.11. The van der Waals surface area contributed by atoms with Crippen LogP contribution in [0.5, 0.6) is 0 Å². The van der Waals surface area contributed by atoms with Gasteiger partial charge in [0, 0.05) is 13.0 Å². The first kappa shape index (κ1) is 13.2. The number of carboxylic acids is 1. The molecule has 0 aliphatic rings. The molecule has 0 saturated carbocycles. The van der Waals surface area contributed by atoms with E-state index in [1.807, 2.05) is 0 Å². The highest BCUT2D eigenvalue weighted by Crippen LogP contribution is 2.03. The molecule has 0 bridgehead atoms. The minimum absolute atomic E-state index is 0.150. The Balaban J connectivity index is 3.22. The highest BCUT2D eigenvalue weighted by Gasteiger charge is 1.99. The van der Waals surface area contributed by atoms with Gasteiger partial charge in [-0.15, -0.1) is 0 Å². The van der Waals surface area contributed by atoms with Crippen molar-refractivity contribution in [2.24, 2.45) is 0 Å². The average Bonchev–Trinajstić information content (AvgIpc) is 2.14. The number of rotatable bonds is 9. The molecular weight excluding hydrogens is 180 g/mol. The first-order valence-corrected chi connectivity index (χ1v) is 5.13. The monoisotopic (exact) mass is 200 g/mol. The first-order valence-electron chi connectivity index (χ1n) is 5.13. The Morgan fingerprint density at radius 1 is 1.36 bits per heavy atom. The molecule has 0 fully saturated rings. The number of unbranched alkanes of at least 4 members (excludes halogenated alkanes) is 2. The molecule has 0 amide bonds. The summed E-state index contributed by atoms with van der Waals surface area (Å²) in [5.41, 5.74) is 0.865. The molecule has 1 N–H and O–H groups in total. The molecule has 0 aliphatic heterocycles. The van der Waals surface area contributed by atoms with E-state index in [4.69, 9.17) is 9.84 Å². The van der Waals surface area contributed by atoms with E-state index in [2.05, 4.69) is 13.5 Å². The fourth-order valence-corrected chi connectivity index (χ4v) is 1.03. The van der Waals surface area contributed by atoms with Crippen LogP contribution in [0.15, 0.2) is 12.2 Å². The normalized spacial score (nSPS) is 10.1. The highest BCUT2D eigenvalue weighted by atomic mass is 16.5. The quantitative estimate of drug-likeness (QED) is 0.459. The molecule has 0 aromatic carbocycles. The molecule has 0 radical (unpaired) electrons. The number of carboxylic acid groups (broad SMARTS) is 1. The molecule has 82 valence electrons. The van der Waals surface area contributed by atoms with Crippen molar-refractivity contribution in [2.45, 2.75) is 39.0 Å². The second kappa shape index (κ2) is 8.75. The predicted molar refractivity (Wildman–Crippen MR) is 56.4 cm³/mol. The summed E-state index contributed by atoms with van der Waals surface area (Å²) in [5.74, 6) is -0.780. The molecule has 0 unspecified atom stereocenters. The summed E-state index contributed by atoms with van der Waals surface area (Å²) >= 11 is 0. The van der Waals surface area contributed by atoms with E-state index in [0.29, 0.717) is 13.0 Å². The molecule has 0 heterocycles. The van der Waals surface area contributed by atoms with E-state index in [1.54, 1.807) is 0 Å². The highest BCUT2D eigenvalue weighted by molar-refractivity contribution is 5.66. The second-order valence-corrected chi connectivity index (χ2v) is 3.40. The van der Waals surface area contributed by atoms with Crippen LogP contribution in [0, 0.1) is 0 Å². The third-order valence-electron chi connectivity index (χ3n) is 1.89. The topological polar surface area (TPSA) is 46.5 Å². The van der Waals surface area contributed by atoms with Crippen molar-refractivity contribution in [2.75, 3.05) is 13.2 Å². The molecule has 0 rings (SSSR count). The van der Waals surface area contributed by atoms with Gasteiger partial charge in [0.25, 0.3) is 0 Å². The molecule has 0 aliphatic carbocycles. The standard InChI is InChI=1S/C11H20O3/c1-3-4-5-8-14-9-10(2)6-7-11(12)13/h2-9H2,1H3,(H,12,13). The van der Waals surface area contributed by atoms with Gasteiger partial charge in [-0.3, -0.25) is 4.79 Å². The molecular formula is C11H20O3. The van der Waals surface area contributed by atoms with Crippen LogP contribution in [0.2, 0.25) is 0 Å². The van der Waals surface area contributed by atoms with Crippen LogP contribution in [0.3, 0.4) is 0 Å². The van der Waals surface area contributed by atoms with E-state index in [9.17, 15) is 4.79 Å². The van der Waals surface area contributed by atoms with Crippen molar-refractivity contribution in [1.82, 2.24) is 0 Å². The average molecular weight is 200 g/mol. The minimum atomic E-state index is -0.780. The Bertz CT molecular complexity index is 175. The van der Waals surface area contributed by atoms with Crippen LogP contribution in [0.1, 0.15) is 39.0 Å². The molecule has 3 heteroatoms.